The molecule has 1 aliphatic heterocycles. The van der Waals surface area contributed by atoms with Gasteiger partial charge in [0.15, 0.2) is 5.78 Å². The van der Waals surface area contributed by atoms with Gasteiger partial charge in [0.2, 0.25) is 12.2 Å². The van der Waals surface area contributed by atoms with E-state index in [1.165, 1.54) is 0 Å². The molecule has 1 saturated heterocycles. The van der Waals surface area contributed by atoms with Gasteiger partial charge in [0.05, 0.1) is 13.0 Å². The fourth-order valence-corrected chi connectivity index (χ4v) is 3.93. The van der Waals surface area contributed by atoms with Crippen LogP contribution in [0.3, 0.4) is 0 Å². The quantitative estimate of drug-likeness (QED) is 0.295. The lowest BCUT2D eigenvalue weighted by molar-refractivity contribution is -0.277. The van der Waals surface area contributed by atoms with Gasteiger partial charge in [-0.1, -0.05) is 60.7 Å². The van der Waals surface area contributed by atoms with Crippen molar-refractivity contribution in [3.8, 4) is 5.75 Å². The molecule has 0 radical (unpaired) electrons. The minimum absolute atomic E-state index is 0.0928. The van der Waals surface area contributed by atoms with Crippen molar-refractivity contribution in [3.05, 3.63) is 95.6 Å². The normalized spacial score (nSPS) is 23.6. The standard InChI is InChI=1S/C27H27NO8/c29-15-21-24(32)25(33)26(34)27(36-21)35-20-12-5-4-9-17(20)14-22(30)28-19-11-6-10-18(13-19)23(31)16-7-2-1-3-8-16/h1-13,21,24-27,29,32-34H,14-15H2,(H,28,30). The topological polar surface area (TPSA) is 146 Å². The van der Waals surface area contributed by atoms with E-state index in [1.54, 1.807) is 72.8 Å². The summed E-state index contributed by atoms with van der Waals surface area (Å²) >= 11 is 0. The maximum absolute atomic E-state index is 12.8. The highest BCUT2D eigenvalue weighted by atomic mass is 16.7. The number of carbonyl (C=O) groups excluding carboxylic acids is 2. The molecule has 5 unspecified atom stereocenters. The first-order chi connectivity index (χ1) is 17.4. The fraction of sp³-hybridized carbons (Fsp3) is 0.259. The zero-order chi connectivity index (χ0) is 25.7. The van der Waals surface area contributed by atoms with Gasteiger partial charge in [-0.2, -0.15) is 0 Å². The first-order valence-corrected chi connectivity index (χ1v) is 11.4. The molecular weight excluding hydrogens is 466 g/mol. The van der Waals surface area contributed by atoms with Gasteiger partial charge >= 0.3 is 0 Å². The predicted molar refractivity (Wildman–Crippen MR) is 129 cm³/mol. The van der Waals surface area contributed by atoms with Gasteiger partial charge in [-0.15, -0.1) is 0 Å². The van der Waals surface area contributed by atoms with Gasteiger partial charge in [0, 0.05) is 22.4 Å². The molecule has 0 spiro atoms. The van der Waals surface area contributed by atoms with Crippen molar-refractivity contribution in [2.24, 2.45) is 0 Å². The Morgan fingerprint density at radius 1 is 0.833 bits per heavy atom. The SMILES string of the molecule is O=C(Cc1ccccc1OC1OC(CO)C(O)C(O)C1O)Nc1cccc(C(=O)c2ccccc2)c1. The summed E-state index contributed by atoms with van der Waals surface area (Å²) in [6, 6.07) is 22.1. The highest BCUT2D eigenvalue weighted by molar-refractivity contribution is 6.09. The van der Waals surface area contributed by atoms with E-state index in [1.807, 2.05) is 6.07 Å². The van der Waals surface area contributed by atoms with Gasteiger partial charge in [-0.25, -0.2) is 0 Å². The number of rotatable bonds is 8. The van der Waals surface area contributed by atoms with Gasteiger partial charge < -0.3 is 35.2 Å². The number of carbonyl (C=O) groups is 2. The lowest BCUT2D eigenvalue weighted by Crippen LogP contribution is -2.60. The molecule has 4 rings (SSSR count). The van der Waals surface area contributed by atoms with E-state index in [2.05, 4.69) is 5.32 Å². The molecule has 9 heteroatoms. The van der Waals surface area contributed by atoms with Crippen LogP contribution in [0.15, 0.2) is 78.9 Å². The molecule has 1 fully saturated rings. The summed E-state index contributed by atoms with van der Waals surface area (Å²) in [6.45, 7) is -0.583. The van der Waals surface area contributed by atoms with Gasteiger partial charge in [0.1, 0.15) is 30.2 Å². The number of hydrogen-bond donors (Lipinski definition) is 5. The third-order valence-electron chi connectivity index (χ3n) is 5.86. The molecule has 3 aromatic carbocycles. The second-order valence-corrected chi connectivity index (χ2v) is 8.42. The monoisotopic (exact) mass is 493 g/mol. The van der Waals surface area contributed by atoms with E-state index in [-0.39, 0.29) is 23.9 Å². The molecule has 9 nitrogen and oxygen atoms in total. The van der Waals surface area contributed by atoms with Crippen LogP contribution in [0.2, 0.25) is 0 Å². The Hall–Kier alpha value is -3.60. The van der Waals surface area contributed by atoms with Crippen molar-refractivity contribution in [3.63, 3.8) is 0 Å². The van der Waals surface area contributed by atoms with Crippen LogP contribution in [0, 0.1) is 0 Å². The van der Waals surface area contributed by atoms with E-state index in [0.717, 1.165) is 0 Å². The molecule has 3 aromatic rings. The summed E-state index contributed by atoms with van der Waals surface area (Å²) < 4.78 is 11.1. The molecule has 0 bridgehead atoms. The zero-order valence-electron chi connectivity index (χ0n) is 19.2. The van der Waals surface area contributed by atoms with E-state index in [0.29, 0.717) is 22.4 Å². The number of anilines is 1. The number of aliphatic hydroxyl groups excluding tert-OH is 4. The number of aliphatic hydroxyl groups is 4. The van der Waals surface area contributed by atoms with Crippen molar-refractivity contribution in [1.82, 2.24) is 0 Å². The summed E-state index contributed by atoms with van der Waals surface area (Å²) in [5.74, 6) is -0.306. The number of amides is 1. The number of benzene rings is 3. The number of hydrogen-bond acceptors (Lipinski definition) is 8. The largest absolute Gasteiger partial charge is 0.462 e. The highest BCUT2D eigenvalue weighted by Gasteiger charge is 2.44. The number of ether oxygens (including phenoxy) is 2. The Balaban J connectivity index is 1.44. The average molecular weight is 494 g/mol. The van der Waals surface area contributed by atoms with Crippen LogP contribution >= 0.6 is 0 Å². The lowest BCUT2D eigenvalue weighted by atomic mass is 9.99. The minimum Gasteiger partial charge on any atom is -0.462 e. The smallest absolute Gasteiger partial charge is 0.229 e. The number of para-hydroxylation sites is 1. The first kappa shape index (κ1) is 25.5. The third kappa shape index (κ3) is 5.78. The number of ketones is 1. The summed E-state index contributed by atoms with van der Waals surface area (Å²) in [5.41, 5.74) is 1.91. The van der Waals surface area contributed by atoms with E-state index in [9.17, 15) is 30.0 Å². The Kier molecular flexibility index (Phi) is 8.09. The van der Waals surface area contributed by atoms with E-state index < -0.39 is 37.3 Å². The van der Waals surface area contributed by atoms with Gasteiger partial charge in [-0.05, 0) is 18.2 Å². The Morgan fingerprint density at radius 2 is 1.53 bits per heavy atom. The predicted octanol–water partition coefficient (Wildman–Crippen LogP) is 1.28. The summed E-state index contributed by atoms with van der Waals surface area (Å²) in [7, 11) is 0. The zero-order valence-corrected chi connectivity index (χ0v) is 19.2. The summed E-state index contributed by atoms with van der Waals surface area (Å²) in [4.78, 5) is 25.5. The third-order valence-corrected chi connectivity index (χ3v) is 5.86. The molecule has 1 amide bonds. The van der Waals surface area contributed by atoms with E-state index in [4.69, 9.17) is 9.47 Å². The molecule has 5 atom stereocenters. The molecule has 0 aliphatic carbocycles. The Bertz CT molecular complexity index is 1200. The maximum atomic E-state index is 12.8. The minimum atomic E-state index is -1.58. The fourth-order valence-electron chi connectivity index (χ4n) is 3.93. The van der Waals surface area contributed by atoms with Gasteiger partial charge in [-0.3, -0.25) is 9.59 Å². The lowest BCUT2D eigenvalue weighted by Gasteiger charge is -2.39. The molecule has 1 heterocycles. The Morgan fingerprint density at radius 3 is 2.28 bits per heavy atom. The van der Waals surface area contributed by atoms with Crippen LogP contribution in [0.25, 0.3) is 0 Å². The van der Waals surface area contributed by atoms with Crippen LogP contribution < -0.4 is 10.1 Å². The van der Waals surface area contributed by atoms with Crippen LogP contribution in [0.1, 0.15) is 21.5 Å². The highest BCUT2D eigenvalue weighted by Crippen LogP contribution is 2.27. The van der Waals surface area contributed by atoms with E-state index >= 15 is 0 Å². The van der Waals surface area contributed by atoms with Crippen LogP contribution in [0.5, 0.6) is 5.75 Å². The maximum Gasteiger partial charge on any atom is 0.229 e. The van der Waals surface area contributed by atoms with Crippen LogP contribution in [0.4, 0.5) is 5.69 Å². The molecule has 0 aromatic heterocycles. The first-order valence-electron chi connectivity index (χ1n) is 11.4. The van der Waals surface area contributed by atoms with Crippen LogP contribution in [-0.2, 0) is 16.0 Å². The van der Waals surface area contributed by atoms with Crippen molar-refractivity contribution >= 4 is 17.4 Å². The molecule has 5 N–H and O–H groups in total. The second kappa shape index (κ2) is 11.4. The molecule has 1 aliphatic rings. The van der Waals surface area contributed by atoms with Crippen LogP contribution in [-0.4, -0.2) is 69.4 Å². The van der Waals surface area contributed by atoms with Crippen molar-refractivity contribution < 1.29 is 39.5 Å². The molecule has 36 heavy (non-hydrogen) atoms. The summed E-state index contributed by atoms with van der Waals surface area (Å²) in [5, 5.41) is 42.4. The molecule has 0 saturated carbocycles. The second-order valence-electron chi connectivity index (χ2n) is 8.42. The van der Waals surface area contributed by atoms with Crippen molar-refractivity contribution in [2.45, 2.75) is 37.1 Å². The molecule has 188 valence electrons. The summed E-state index contributed by atoms with van der Waals surface area (Å²) in [6.07, 6.45) is -7.24. The number of nitrogens with one attached hydrogen (secondary N) is 1. The van der Waals surface area contributed by atoms with Crippen molar-refractivity contribution in [1.29, 1.82) is 0 Å². The molecular formula is C27H27NO8. The Labute approximate surface area is 207 Å². The van der Waals surface area contributed by atoms with Crippen molar-refractivity contribution in [2.75, 3.05) is 11.9 Å². The van der Waals surface area contributed by atoms with Gasteiger partial charge in [0.25, 0.3) is 0 Å². The average Bonchev–Trinajstić information content (AvgIpc) is 2.90.